The molecule has 2 N–H and O–H groups in total. The Kier molecular flexibility index (Phi) is 1.68. The van der Waals surface area contributed by atoms with Crippen LogP contribution in [0.1, 0.15) is 16.2 Å². The molecule has 0 aliphatic heterocycles. The number of aromatic nitrogens is 1. The smallest absolute Gasteiger partial charge is 0.301 e. The van der Waals surface area contributed by atoms with Gasteiger partial charge in [0.15, 0.2) is 11.7 Å². The number of nitrogens with two attached hydrogens (primary N) is 1. The summed E-state index contributed by atoms with van der Waals surface area (Å²) in [5, 5.41) is 8.52. The second-order valence-electron chi connectivity index (χ2n) is 2.68. The van der Waals surface area contributed by atoms with Gasteiger partial charge >= 0.3 is 5.89 Å². The standard InChI is InChI=1S/C9H5N3O2/c10-4-8-12-6-3-5(9(11)13)1-2-7(6)14-8/h1-3H,(H2,11,13). The molecule has 0 saturated carbocycles. The van der Waals surface area contributed by atoms with Crippen LogP contribution in [0.15, 0.2) is 22.6 Å². The van der Waals surface area contributed by atoms with E-state index in [9.17, 15) is 4.79 Å². The van der Waals surface area contributed by atoms with Crippen LogP contribution in [0.5, 0.6) is 0 Å². The summed E-state index contributed by atoms with van der Waals surface area (Å²) in [6, 6.07) is 6.34. The molecule has 1 heterocycles. The topological polar surface area (TPSA) is 92.9 Å². The Bertz CT molecular complexity index is 551. The maximum absolute atomic E-state index is 10.8. The lowest BCUT2D eigenvalue weighted by Gasteiger charge is -1.92. The van der Waals surface area contributed by atoms with Crippen molar-refractivity contribution in [1.29, 1.82) is 5.26 Å². The number of nitrogens with zero attached hydrogens (tertiary/aromatic N) is 2. The third kappa shape index (κ3) is 1.19. The molecule has 0 atom stereocenters. The molecular weight excluding hydrogens is 182 g/mol. The number of fused-ring (bicyclic) bond motifs is 1. The van der Waals surface area contributed by atoms with E-state index in [4.69, 9.17) is 15.4 Å². The Morgan fingerprint density at radius 3 is 3.00 bits per heavy atom. The minimum Gasteiger partial charge on any atom is -0.428 e. The molecule has 0 aliphatic carbocycles. The molecule has 0 radical (unpaired) electrons. The fourth-order valence-corrected chi connectivity index (χ4v) is 1.13. The summed E-state index contributed by atoms with van der Waals surface area (Å²) in [4.78, 5) is 14.7. The van der Waals surface area contributed by atoms with Crippen molar-refractivity contribution in [3.63, 3.8) is 0 Å². The first-order chi connectivity index (χ1) is 6.70. The summed E-state index contributed by atoms with van der Waals surface area (Å²) in [6.45, 7) is 0. The van der Waals surface area contributed by atoms with E-state index in [-0.39, 0.29) is 5.89 Å². The van der Waals surface area contributed by atoms with E-state index in [0.717, 1.165) is 0 Å². The molecule has 1 aromatic carbocycles. The van der Waals surface area contributed by atoms with Gasteiger partial charge in [-0.2, -0.15) is 10.2 Å². The molecule has 68 valence electrons. The van der Waals surface area contributed by atoms with Crippen molar-refractivity contribution in [2.45, 2.75) is 0 Å². The minimum absolute atomic E-state index is 0.0263. The molecule has 0 aliphatic rings. The lowest BCUT2D eigenvalue weighted by atomic mass is 10.2. The van der Waals surface area contributed by atoms with Gasteiger partial charge in [0.05, 0.1) is 0 Å². The van der Waals surface area contributed by atoms with Crippen LogP contribution in [0.3, 0.4) is 0 Å². The van der Waals surface area contributed by atoms with Gasteiger partial charge in [0, 0.05) is 5.56 Å². The number of rotatable bonds is 1. The maximum atomic E-state index is 10.8. The largest absolute Gasteiger partial charge is 0.428 e. The van der Waals surface area contributed by atoms with Crippen LogP contribution in [0.4, 0.5) is 0 Å². The molecule has 0 bridgehead atoms. The van der Waals surface area contributed by atoms with Crippen LogP contribution >= 0.6 is 0 Å². The third-order valence-corrected chi connectivity index (χ3v) is 1.77. The highest BCUT2D eigenvalue weighted by Crippen LogP contribution is 2.16. The zero-order valence-electron chi connectivity index (χ0n) is 7.02. The van der Waals surface area contributed by atoms with Gasteiger partial charge in [-0.05, 0) is 18.2 Å². The zero-order chi connectivity index (χ0) is 10.1. The molecule has 2 aromatic rings. The van der Waals surface area contributed by atoms with Crippen LogP contribution < -0.4 is 5.73 Å². The Hall–Kier alpha value is -2.35. The van der Waals surface area contributed by atoms with E-state index < -0.39 is 5.91 Å². The van der Waals surface area contributed by atoms with Crippen LogP contribution in [-0.2, 0) is 0 Å². The van der Waals surface area contributed by atoms with Crippen molar-refractivity contribution in [3.05, 3.63) is 29.7 Å². The second kappa shape index (κ2) is 2.85. The molecule has 0 saturated heterocycles. The highest BCUT2D eigenvalue weighted by molar-refractivity contribution is 5.95. The molecule has 1 aromatic heterocycles. The fraction of sp³-hybridized carbons (Fsp3) is 0. The number of nitriles is 1. The summed E-state index contributed by atoms with van der Waals surface area (Å²) in [5.41, 5.74) is 6.35. The Morgan fingerprint density at radius 2 is 2.36 bits per heavy atom. The molecule has 5 heteroatoms. The number of oxazole rings is 1. The van der Waals surface area contributed by atoms with Gasteiger partial charge < -0.3 is 10.2 Å². The van der Waals surface area contributed by atoms with E-state index in [1.807, 2.05) is 0 Å². The van der Waals surface area contributed by atoms with Crippen molar-refractivity contribution in [3.8, 4) is 6.07 Å². The molecule has 0 unspecified atom stereocenters. The number of hydrogen-bond acceptors (Lipinski definition) is 4. The number of carbonyl (C=O) groups excluding carboxylic acids is 1. The lowest BCUT2D eigenvalue weighted by molar-refractivity contribution is 0.100. The average Bonchev–Trinajstić information content (AvgIpc) is 2.58. The maximum Gasteiger partial charge on any atom is 0.301 e. The fourth-order valence-electron chi connectivity index (χ4n) is 1.13. The third-order valence-electron chi connectivity index (χ3n) is 1.77. The SMILES string of the molecule is N#Cc1nc2cc(C(N)=O)ccc2o1. The van der Waals surface area contributed by atoms with E-state index in [1.165, 1.54) is 12.1 Å². The number of hydrogen-bond donors (Lipinski definition) is 1. The molecule has 0 fully saturated rings. The lowest BCUT2D eigenvalue weighted by Crippen LogP contribution is -2.10. The molecule has 5 nitrogen and oxygen atoms in total. The minimum atomic E-state index is -0.534. The first-order valence-electron chi connectivity index (χ1n) is 3.81. The van der Waals surface area contributed by atoms with E-state index in [1.54, 1.807) is 12.1 Å². The summed E-state index contributed by atoms with van der Waals surface area (Å²) in [6.07, 6.45) is 0. The van der Waals surface area contributed by atoms with E-state index in [2.05, 4.69) is 4.98 Å². The summed E-state index contributed by atoms with van der Waals surface area (Å²) < 4.78 is 5.03. The average molecular weight is 187 g/mol. The quantitative estimate of drug-likeness (QED) is 0.714. The highest BCUT2D eigenvalue weighted by Gasteiger charge is 2.07. The normalized spacial score (nSPS) is 9.93. The van der Waals surface area contributed by atoms with Gasteiger partial charge in [-0.1, -0.05) is 0 Å². The molecule has 14 heavy (non-hydrogen) atoms. The van der Waals surface area contributed by atoms with Crippen molar-refractivity contribution in [1.82, 2.24) is 4.98 Å². The van der Waals surface area contributed by atoms with Gasteiger partial charge in [0.2, 0.25) is 5.91 Å². The number of primary amides is 1. The Morgan fingerprint density at radius 1 is 1.57 bits per heavy atom. The van der Waals surface area contributed by atoms with Crippen LogP contribution in [0, 0.1) is 11.3 Å². The Balaban J connectivity index is 2.66. The van der Waals surface area contributed by atoms with Gasteiger partial charge in [0.1, 0.15) is 5.52 Å². The van der Waals surface area contributed by atoms with Crippen molar-refractivity contribution in [2.75, 3.05) is 0 Å². The zero-order valence-corrected chi connectivity index (χ0v) is 7.02. The predicted octanol–water partition coefficient (Wildman–Crippen LogP) is 0.798. The molecular formula is C9H5N3O2. The highest BCUT2D eigenvalue weighted by atomic mass is 16.3. The van der Waals surface area contributed by atoms with Gasteiger partial charge in [0.25, 0.3) is 0 Å². The van der Waals surface area contributed by atoms with Gasteiger partial charge in [-0.15, -0.1) is 0 Å². The van der Waals surface area contributed by atoms with E-state index >= 15 is 0 Å². The van der Waals surface area contributed by atoms with Gasteiger partial charge in [-0.3, -0.25) is 4.79 Å². The van der Waals surface area contributed by atoms with Crippen LogP contribution in [0.2, 0.25) is 0 Å². The van der Waals surface area contributed by atoms with Crippen LogP contribution in [0.25, 0.3) is 11.1 Å². The molecule has 0 spiro atoms. The predicted molar refractivity (Wildman–Crippen MR) is 47.2 cm³/mol. The Labute approximate surface area is 78.8 Å². The summed E-state index contributed by atoms with van der Waals surface area (Å²) in [7, 11) is 0. The summed E-state index contributed by atoms with van der Waals surface area (Å²) >= 11 is 0. The first-order valence-corrected chi connectivity index (χ1v) is 3.81. The number of benzene rings is 1. The van der Waals surface area contributed by atoms with E-state index in [0.29, 0.717) is 16.7 Å². The van der Waals surface area contributed by atoms with Crippen molar-refractivity contribution < 1.29 is 9.21 Å². The molecule has 1 amide bonds. The van der Waals surface area contributed by atoms with Crippen LogP contribution in [-0.4, -0.2) is 10.9 Å². The van der Waals surface area contributed by atoms with Crippen molar-refractivity contribution >= 4 is 17.0 Å². The molecule has 2 rings (SSSR count). The summed E-state index contributed by atoms with van der Waals surface area (Å²) in [5.74, 6) is -0.560. The van der Waals surface area contributed by atoms with Crippen molar-refractivity contribution in [2.24, 2.45) is 5.73 Å². The monoisotopic (exact) mass is 187 g/mol. The number of amides is 1. The van der Waals surface area contributed by atoms with Gasteiger partial charge in [-0.25, -0.2) is 0 Å². The first kappa shape index (κ1) is 8.26. The number of carbonyl (C=O) groups is 1. The second-order valence-corrected chi connectivity index (χ2v) is 2.68.